The van der Waals surface area contributed by atoms with Crippen LogP contribution in [0.3, 0.4) is 0 Å². The van der Waals surface area contributed by atoms with Crippen molar-refractivity contribution in [1.82, 2.24) is 4.72 Å². The van der Waals surface area contributed by atoms with E-state index in [4.69, 9.17) is 4.74 Å². The molecule has 4 nitrogen and oxygen atoms in total. The first-order valence-corrected chi connectivity index (χ1v) is 7.89. The van der Waals surface area contributed by atoms with Crippen molar-refractivity contribution in [1.29, 1.82) is 0 Å². The third kappa shape index (κ3) is 4.08. The molecular weight excluding hydrogens is 274 g/mol. The second kappa shape index (κ2) is 6.54. The van der Waals surface area contributed by atoms with E-state index in [9.17, 15) is 8.42 Å². The van der Waals surface area contributed by atoms with Crippen LogP contribution < -0.4 is 9.46 Å². The van der Waals surface area contributed by atoms with Gasteiger partial charge in [-0.25, -0.2) is 13.1 Å². The molecule has 0 aliphatic rings. The zero-order chi connectivity index (χ0) is 14.4. The van der Waals surface area contributed by atoms with E-state index in [-0.39, 0.29) is 12.3 Å². The van der Waals surface area contributed by atoms with Crippen molar-refractivity contribution in [2.45, 2.75) is 12.3 Å². The molecule has 0 spiro atoms. The first-order chi connectivity index (χ1) is 9.61. The lowest BCUT2D eigenvalue weighted by atomic mass is 10.2. The zero-order valence-electron chi connectivity index (χ0n) is 11.2. The number of hydrogen-bond acceptors (Lipinski definition) is 3. The van der Waals surface area contributed by atoms with Crippen molar-refractivity contribution in [3.05, 3.63) is 65.7 Å². The lowest BCUT2D eigenvalue weighted by molar-refractivity contribution is 0.409. The van der Waals surface area contributed by atoms with Gasteiger partial charge in [0.05, 0.1) is 12.9 Å². The number of para-hydroxylation sites is 1. The fourth-order valence-electron chi connectivity index (χ4n) is 1.88. The Morgan fingerprint density at radius 3 is 2.35 bits per heavy atom. The molecule has 0 fully saturated rings. The number of ether oxygens (including phenoxy) is 1. The van der Waals surface area contributed by atoms with Gasteiger partial charge >= 0.3 is 0 Å². The molecular formula is C15H17NO3S. The van der Waals surface area contributed by atoms with Gasteiger partial charge in [0.1, 0.15) is 5.75 Å². The summed E-state index contributed by atoms with van der Waals surface area (Å²) < 4.78 is 31.8. The van der Waals surface area contributed by atoms with Gasteiger partial charge < -0.3 is 4.74 Å². The van der Waals surface area contributed by atoms with Crippen LogP contribution in [0.4, 0.5) is 0 Å². The molecule has 0 unspecified atom stereocenters. The Bertz CT molecular complexity index is 654. The van der Waals surface area contributed by atoms with E-state index in [1.54, 1.807) is 25.3 Å². The maximum absolute atomic E-state index is 12.0. The number of nitrogens with one attached hydrogen (secondary N) is 1. The molecule has 0 saturated heterocycles. The summed E-state index contributed by atoms with van der Waals surface area (Å²) in [5, 5.41) is 0. The van der Waals surface area contributed by atoms with Gasteiger partial charge in [0, 0.05) is 12.1 Å². The molecule has 0 aromatic heterocycles. The van der Waals surface area contributed by atoms with Crippen LogP contribution >= 0.6 is 0 Å². The lowest BCUT2D eigenvalue weighted by Gasteiger charge is -2.10. The standard InChI is InChI=1S/C15H17NO3S/c1-19-15-10-6-5-9-14(15)11-16-20(17,18)12-13-7-3-2-4-8-13/h2-10,16H,11-12H2,1H3. The monoisotopic (exact) mass is 291 g/mol. The molecule has 1 N–H and O–H groups in total. The third-order valence-electron chi connectivity index (χ3n) is 2.87. The minimum absolute atomic E-state index is 0.0248. The molecule has 2 aromatic carbocycles. The minimum atomic E-state index is -3.36. The number of hydrogen-bond donors (Lipinski definition) is 1. The Morgan fingerprint density at radius 2 is 1.65 bits per heavy atom. The Labute approximate surface area is 119 Å². The lowest BCUT2D eigenvalue weighted by Crippen LogP contribution is -2.24. The third-order valence-corrected chi connectivity index (χ3v) is 4.17. The van der Waals surface area contributed by atoms with Crippen molar-refractivity contribution in [2.75, 3.05) is 7.11 Å². The molecule has 106 valence electrons. The predicted octanol–water partition coefficient (Wildman–Crippen LogP) is 2.31. The molecule has 0 aliphatic heterocycles. The van der Waals surface area contributed by atoms with Crippen molar-refractivity contribution in [3.8, 4) is 5.75 Å². The molecule has 2 aromatic rings. The molecule has 0 aliphatic carbocycles. The van der Waals surface area contributed by atoms with Gasteiger partial charge in [-0.1, -0.05) is 48.5 Å². The average Bonchev–Trinajstić information content (AvgIpc) is 2.46. The van der Waals surface area contributed by atoms with Gasteiger partial charge in [-0.3, -0.25) is 0 Å². The molecule has 5 heteroatoms. The fourth-order valence-corrected chi connectivity index (χ4v) is 2.99. The summed E-state index contributed by atoms with van der Waals surface area (Å²) in [7, 11) is -1.80. The average molecular weight is 291 g/mol. The van der Waals surface area contributed by atoms with Crippen LogP contribution in [0, 0.1) is 0 Å². The van der Waals surface area contributed by atoms with E-state index < -0.39 is 10.0 Å². The van der Waals surface area contributed by atoms with E-state index in [0.717, 1.165) is 11.1 Å². The van der Waals surface area contributed by atoms with Crippen molar-refractivity contribution in [3.63, 3.8) is 0 Å². The van der Waals surface area contributed by atoms with E-state index in [1.165, 1.54) is 0 Å². The maximum Gasteiger partial charge on any atom is 0.216 e. The largest absolute Gasteiger partial charge is 0.496 e. The minimum Gasteiger partial charge on any atom is -0.496 e. The van der Waals surface area contributed by atoms with Gasteiger partial charge in [-0.2, -0.15) is 0 Å². The van der Waals surface area contributed by atoms with Crippen molar-refractivity contribution < 1.29 is 13.2 Å². The van der Waals surface area contributed by atoms with Crippen LogP contribution in [0.15, 0.2) is 54.6 Å². The first kappa shape index (κ1) is 14.6. The van der Waals surface area contributed by atoms with Gasteiger partial charge in [0.2, 0.25) is 10.0 Å². The summed E-state index contributed by atoms with van der Waals surface area (Å²) in [5.41, 5.74) is 1.58. The fraction of sp³-hybridized carbons (Fsp3) is 0.200. The van der Waals surface area contributed by atoms with Crippen LogP contribution in [-0.2, 0) is 22.3 Å². The summed E-state index contributed by atoms with van der Waals surface area (Å²) in [6.07, 6.45) is 0. The SMILES string of the molecule is COc1ccccc1CNS(=O)(=O)Cc1ccccc1. The van der Waals surface area contributed by atoms with Crippen molar-refractivity contribution in [2.24, 2.45) is 0 Å². The van der Waals surface area contributed by atoms with Crippen LogP contribution in [0.5, 0.6) is 5.75 Å². The molecule has 0 atom stereocenters. The van der Waals surface area contributed by atoms with E-state index in [1.807, 2.05) is 36.4 Å². The summed E-state index contributed by atoms with van der Waals surface area (Å²) in [6.45, 7) is 0.221. The molecule has 0 radical (unpaired) electrons. The molecule has 0 bridgehead atoms. The van der Waals surface area contributed by atoms with E-state index >= 15 is 0 Å². The summed E-state index contributed by atoms with van der Waals surface area (Å²) >= 11 is 0. The Balaban J connectivity index is 2.02. The second-order valence-corrected chi connectivity index (χ2v) is 6.18. The molecule has 20 heavy (non-hydrogen) atoms. The normalized spacial score (nSPS) is 11.2. The smallest absolute Gasteiger partial charge is 0.216 e. The van der Waals surface area contributed by atoms with Crippen molar-refractivity contribution >= 4 is 10.0 Å². The Hall–Kier alpha value is -1.85. The summed E-state index contributed by atoms with van der Waals surface area (Å²) in [5.74, 6) is 0.651. The quantitative estimate of drug-likeness (QED) is 0.888. The number of methoxy groups -OCH3 is 1. The predicted molar refractivity (Wildman–Crippen MR) is 78.9 cm³/mol. The summed E-state index contributed by atoms with van der Waals surface area (Å²) in [4.78, 5) is 0. The van der Waals surface area contributed by atoms with E-state index in [2.05, 4.69) is 4.72 Å². The van der Waals surface area contributed by atoms with Gasteiger partial charge in [0.15, 0.2) is 0 Å². The number of benzene rings is 2. The Kier molecular flexibility index (Phi) is 4.76. The number of sulfonamides is 1. The highest BCUT2D eigenvalue weighted by Gasteiger charge is 2.12. The maximum atomic E-state index is 12.0. The molecule has 0 amide bonds. The van der Waals surface area contributed by atoms with Crippen LogP contribution in [0.2, 0.25) is 0 Å². The second-order valence-electron chi connectivity index (χ2n) is 4.38. The Morgan fingerprint density at radius 1 is 1.00 bits per heavy atom. The van der Waals surface area contributed by atoms with Crippen LogP contribution in [-0.4, -0.2) is 15.5 Å². The molecule has 2 rings (SSSR count). The zero-order valence-corrected chi connectivity index (χ0v) is 12.1. The highest BCUT2D eigenvalue weighted by atomic mass is 32.2. The highest BCUT2D eigenvalue weighted by molar-refractivity contribution is 7.88. The highest BCUT2D eigenvalue weighted by Crippen LogP contribution is 2.17. The van der Waals surface area contributed by atoms with Crippen LogP contribution in [0.25, 0.3) is 0 Å². The molecule has 0 heterocycles. The first-order valence-electron chi connectivity index (χ1n) is 6.24. The number of rotatable bonds is 6. The van der Waals surface area contributed by atoms with Gasteiger partial charge in [-0.15, -0.1) is 0 Å². The van der Waals surface area contributed by atoms with Crippen LogP contribution in [0.1, 0.15) is 11.1 Å². The van der Waals surface area contributed by atoms with E-state index in [0.29, 0.717) is 5.75 Å². The summed E-state index contributed by atoms with van der Waals surface area (Å²) in [6, 6.07) is 16.4. The molecule has 0 saturated carbocycles. The van der Waals surface area contributed by atoms with Gasteiger partial charge in [0.25, 0.3) is 0 Å². The van der Waals surface area contributed by atoms with Gasteiger partial charge in [-0.05, 0) is 11.6 Å². The topological polar surface area (TPSA) is 55.4 Å².